The van der Waals surface area contributed by atoms with E-state index < -0.39 is 5.91 Å². The second kappa shape index (κ2) is 5.14. The number of halogens is 1. The molecule has 0 unspecified atom stereocenters. The number of hydrogen-bond acceptors (Lipinski definition) is 5. The lowest BCUT2D eigenvalue weighted by Crippen LogP contribution is -2.11. The Labute approximate surface area is 118 Å². The molecule has 7 nitrogen and oxygen atoms in total. The third-order valence-electron chi connectivity index (χ3n) is 2.42. The lowest BCUT2D eigenvalue weighted by atomic mass is 10.3. The van der Waals surface area contributed by atoms with Gasteiger partial charge in [-0.05, 0) is 35.9 Å². The minimum atomic E-state index is -0.483. The summed E-state index contributed by atoms with van der Waals surface area (Å²) in [7, 11) is 0. The van der Waals surface area contributed by atoms with Crippen molar-refractivity contribution in [3.63, 3.8) is 0 Å². The molecule has 0 bridgehead atoms. The summed E-state index contributed by atoms with van der Waals surface area (Å²) in [6.07, 6.45) is 1.64. The van der Waals surface area contributed by atoms with Gasteiger partial charge in [-0.15, -0.1) is 5.10 Å². The fraction of sp³-hybridized carbons (Fsp3) is 0. The van der Waals surface area contributed by atoms with E-state index in [1.165, 1.54) is 12.1 Å². The molecule has 3 aromatic heterocycles. The van der Waals surface area contributed by atoms with Crippen LogP contribution in [0.2, 0.25) is 5.22 Å². The summed E-state index contributed by atoms with van der Waals surface area (Å²) in [6.45, 7) is 0. The van der Waals surface area contributed by atoms with E-state index in [4.69, 9.17) is 16.0 Å². The van der Waals surface area contributed by atoms with E-state index in [-0.39, 0.29) is 16.9 Å². The minimum absolute atomic E-state index is 0.0826. The van der Waals surface area contributed by atoms with E-state index in [2.05, 4.69) is 25.5 Å². The van der Waals surface area contributed by atoms with Crippen molar-refractivity contribution in [3.8, 4) is 11.5 Å². The van der Waals surface area contributed by atoms with Crippen molar-refractivity contribution >= 4 is 23.5 Å². The molecule has 0 spiro atoms. The molecule has 0 aliphatic heterocycles. The molecule has 0 radical (unpaired) electrons. The monoisotopic (exact) mass is 289 g/mol. The summed E-state index contributed by atoms with van der Waals surface area (Å²) >= 11 is 5.60. The lowest BCUT2D eigenvalue weighted by molar-refractivity contribution is 0.0996. The Kier molecular flexibility index (Phi) is 3.18. The molecule has 0 aliphatic rings. The van der Waals surface area contributed by atoms with Crippen LogP contribution in [-0.2, 0) is 0 Å². The van der Waals surface area contributed by atoms with Gasteiger partial charge in [-0.25, -0.2) is 0 Å². The van der Waals surface area contributed by atoms with Crippen LogP contribution >= 0.6 is 11.6 Å². The number of rotatable bonds is 3. The SMILES string of the molecule is O=C(Nc1n[nH]c(-c2ccccn2)n1)c1ccc(Cl)o1. The standard InChI is InChI=1S/C12H8ClN5O2/c13-9-5-4-8(20-9)11(19)16-12-15-10(17-18-12)7-3-1-2-6-14-7/h1-6H,(H2,15,16,17,18,19). The van der Waals surface area contributed by atoms with Crippen molar-refractivity contribution < 1.29 is 9.21 Å². The first-order chi connectivity index (χ1) is 9.72. The zero-order valence-electron chi connectivity index (χ0n) is 10.0. The zero-order chi connectivity index (χ0) is 13.9. The molecule has 3 heterocycles. The fourth-order valence-electron chi connectivity index (χ4n) is 1.53. The van der Waals surface area contributed by atoms with E-state index in [1.54, 1.807) is 18.3 Å². The normalized spacial score (nSPS) is 10.4. The van der Waals surface area contributed by atoms with Gasteiger partial charge in [0.2, 0.25) is 5.95 Å². The van der Waals surface area contributed by atoms with Gasteiger partial charge in [-0.2, -0.15) is 4.98 Å². The highest BCUT2D eigenvalue weighted by molar-refractivity contribution is 6.29. The second-order valence-corrected chi connectivity index (χ2v) is 4.15. The Morgan fingerprint density at radius 2 is 2.20 bits per heavy atom. The van der Waals surface area contributed by atoms with Crippen LogP contribution in [0.3, 0.4) is 0 Å². The van der Waals surface area contributed by atoms with Crippen molar-refractivity contribution in [2.24, 2.45) is 0 Å². The summed E-state index contributed by atoms with van der Waals surface area (Å²) in [5, 5.41) is 9.20. The van der Waals surface area contributed by atoms with Gasteiger partial charge in [0.05, 0.1) is 0 Å². The summed E-state index contributed by atoms with van der Waals surface area (Å²) in [4.78, 5) is 20.0. The molecule has 2 N–H and O–H groups in total. The quantitative estimate of drug-likeness (QED) is 0.771. The third-order valence-corrected chi connectivity index (χ3v) is 2.62. The van der Waals surface area contributed by atoms with E-state index in [9.17, 15) is 4.79 Å². The number of hydrogen-bond donors (Lipinski definition) is 2. The van der Waals surface area contributed by atoms with Gasteiger partial charge in [0.15, 0.2) is 16.8 Å². The maximum atomic E-state index is 11.8. The number of carbonyl (C=O) groups is 1. The van der Waals surface area contributed by atoms with Gasteiger partial charge in [0, 0.05) is 6.20 Å². The Balaban J connectivity index is 1.76. The number of H-pyrrole nitrogens is 1. The molecule has 8 heteroatoms. The molecule has 0 saturated carbocycles. The third kappa shape index (κ3) is 2.52. The zero-order valence-corrected chi connectivity index (χ0v) is 10.8. The van der Waals surface area contributed by atoms with Crippen LogP contribution in [0.5, 0.6) is 0 Å². The molecule has 3 aromatic rings. The number of carbonyl (C=O) groups excluding carboxylic acids is 1. The molecule has 0 aliphatic carbocycles. The van der Waals surface area contributed by atoms with E-state index in [0.717, 1.165) is 0 Å². The summed E-state index contributed by atoms with van der Waals surface area (Å²) < 4.78 is 4.98. The molecule has 0 atom stereocenters. The van der Waals surface area contributed by atoms with Gasteiger partial charge < -0.3 is 4.42 Å². The van der Waals surface area contributed by atoms with Gasteiger partial charge in [-0.3, -0.25) is 20.2 Å². The predicted molar refractivity (Wildman–Crippen MR) is 71.3 cm³/mol. The minimum Gasteiger partial charge on any atom is -0.440 e. The first-order valence-corrected chi connectivity index (χ1v) is 6.00. The predicted octanol–water partition coefficient (Wildman–Crippen LogP) is 2.37. The van der Waals surface area contributed by atoms with Gasteiger partial charge >= 0.3 is 0 Å². The molecule has 20 heavy (non-hydrogen) atoms. The fourth-order valence-corrected chi connectivity index (χ4v) is 1.68. The summed E-state index contributed by atoms with van der Waals surface area (Å²) in [6, 6.07) is 8.34. The molecule has 0 aromatic carbocycles. The number of aromatic nitrogens is 4. The van der Waals surface area contributed by atoms with Crippen molar-refractivity contribution in [3.05, 3.63) is 47.5 Å². The van der Waals surface area contributed by atoms with Crippen molar-refractivity contribution in [2.75, 3.05) is 5.32 Å². The highest BCUT2D eigenvalue weighted by atomic mass is 35.5. The van der Waals surface area contributed by atoms with E-state index >= 15 is 0 Å². The first kappa shape index (κ1) is 12.4. The van der Waals surface area contributed by atoms with Crippen LogP contribution in [0, 0.1) is 0 Å². The molecule has 3 rings (SSSR count). The number of nitrogens with one attached hydrogen (secondary N) is 2. The molecular formula is C12H8ClN5O2. The molecule has 1 amide bonds. The van der Waals surface area contributed by atoms with Crippen LogP contribution in [-0.4, -0.2) is 26.1 Å². The van der Waals surface area contributed by atoms with Crippen LogP contribution in [0.1, 0.15) is 10.6 Å². The summed E-state index contributed by atoms with van der Waals surface area (Å²) in [5.41, 5.74) is 0.626. The van der Waals surface area contributed by atoms with E-state index in [1.807, 2.05) is 6.07 Å². The van der Waals surface area contributed by atoms with Crippen LogP contribution in [0.4, 0.5) is 5.95 Å². The lowest BCUT2D eigenvalue weighted by Gasteiger charge is -1.96. The number of aromatic amines is 1. The average molecular weight is 290 g/mol. The van der Waals surface area contributed by atoms with Gasteiger partial charge in [-0.1, -0.05) is 6.07 Å². The Morgan fingerprint density at radius 3 is 2.90 bits per heavy atom. The number of amides is 1. The highest BCUT2D eigenvalue weighted by Crippen LogP contribution is 2.15. The van der Waals surface area contributed by atoms with Crippen molar-refractivity contribution in [1.29, 1.82) is 0 Å². The molecule has 0 saturated heterocycles. The largest absolute Gasteiger partial charge is 0.440 e. The van der Waals surface area contributed by atoms with Crippen LogP contribution in [0.15, 0.2) is 40.9 Å². The van der Waals surface area contributed by atoms with Crippen LogP contribution in [0.25, 0.3) is 11.5 Å². The van der Waals surface area contributed by atoms with Crippen molar-refractivity contribution in [1.82, 2.24) is 20.2 Å². The molecule has 100 valence electrons. The Bertz CT molecular complexity index is 737. The average Bonchev–Trinajstić information content (AvgIpc) is 3.09. The maximum absolute atomic E-state index is 11.8. The second-order valence-electron chi connectivity index (χ2n) is 3.78. The molecular weight excluding hydrogens is 282 g/mol. The van der Waals surface area contributed by atoms with Crippen LogP contribution < -0.4 is 5.32 Å². The highest BCUT2D eigenvalue weighted by Gasteiger charge is 2.14. The maximum Gasteiger partial charge on any atom is 0.293 e. The Hall–Kier alpha value is -2.67. The topological polar surface area (TPSA) is 96.7 Å². The number of furan rings is 1. The first-order valence-electron chi connectivity index (χ1n) is 5.63. The smallest absolute Gasteiger partial charge is 0.293 e. The van der Waals surface area contributed by atoms with E-state index in [0.29, 0.717) is 11.5 Å². The summed E-state index contributed by atoms with van der Waals surface area (Å²) in [5.74, 6) is 0.184. The molecule has 0 fully saturated rings. The Morgan fingerprint density at radius 1 is 1.30 bits per heavy atom. The number of pyridine rings is 1. The van der Waals surface area contributed by atoms with Gasteiger partial charge in [0.25, 0.3) is 5.91 Å². The number of nitrogens with zero attached hydrogens (tertiary/aromatic N) is 3. The van der Waals surface area contributed by atoms with Crippen molar-refractivity contribution in [2.45, 2.75) is 0 Å². The number of anilines is 1. The van der Waals surface area contributed by atoms with Gasteiger partial charge in [0.1, 0.15) is 5.69 Å².